The summed E-state index contributed by atoms with van der Waals surface area (Å²) in [5.74, 6) is -0.343. The molecule has 1 rings (SSSR count). The molecular formula is C13H18BrNO3. The van der Waals surface area contributed by atoms with E-state index in [0.717, 1.165) is 23.1 Å². The van der Waals surface area contributed by atoms with Crippen LogP contribution in [0.4, 0.5) is 0 Å². The fourth-order valence-corrected chi connectivity index (χ4v) is 2.16. The summed E-state index contributed by atoms with van der Waals surface area (Å²) in [7, 11) is 1.37. The van der Waals surface area contributed by atoms with Crippen molar-refractivity contribution in [3.63, 3.8) is 0 Å². The number of carbonyl (C=O) groups excluding carboxylic acids is 1. The van der Waals surface area contributed by atoms with Crippen molar-refractivity contribution in [3.05, 3.63) is 33.8 Å². The van der Waals surface area contributed by atoms with E-state index in [0.29, 0.717) is 12.1 Å². The minimum Gasteiger partial charge on any atom is -0.465 e. The molecule has 0 aliphatic heterocycles. The third-order valence-corrected chi connectivity index (χ3v) is 3.47. The molecule has 0 aliphatic carbocycles. The number of esters is 1. The average molecular weight is 316 g/mol. The van der Waals surface area contributed by atoms with E-state index in [-0.39, 0.29) is 12.6 Å². The lowest BCUT2D eigenvalue weighted by molar-refractivity contribution is 0.0600. The summed E-state index contributed by atoms with van der Waals surface area (Å²) in [5.41, 5.74) is 1.61. The van der Waals surface area contributed by atoms with Crippen LogP contribution in [0.5, 0.6) is 0 Å². The zero-order chi connectivity index (χ0) is 13.5. The Morgan fingerprint density at radius 3 is 2.72 bits per heavy atom. The molecule has 1 N–H and O–H groups in total. The van der Waals surface area contributed by atoms with Gasteiger partial charge in [0.25, 0.3) is 0 Å². The average Bonchev–Trinajstić information content (AvgIpc) is 2.39. The Labute approximate surface area is 116 Å². The number of hydrogen-bond acceptors (Lipinski definition) is 4. The predicted molar refractivity (Wildman–Crippen MR) is 73.5 cm³/mol. The number of halogens is 1. The summed E-state index contributed by atoms with van der Waals surface area (Å²) in [6.07, 6.45) is 0. The first-order valence-electron chi connectivity index (χ1n) is 5.82. The van der Waals surface area contributed by atoms with Gasteiger partial charge in [-0.3, -0.25) is 4.90 Å². The summed E-state index contributed by atoms with van der Waals surface area (Å²) in [6.45, 7) is 4.44. The number of nitrogens with zero attached hydrogens (tertiary/aromatic N) is 1. The van der Waals surface area contributed by atoms with Gasteiger partial charge in [0, 0.05) is 17.6 Å². The number of methoxy groups -OCH3 is 1. The van der Waals surface area contributed by atoms with Gasteiger partial charge in [-0.25, -0.2) is 4.79 Å². The van der Waals surface area contributed by atoms with Gasteiger partial charge >= 0.3 is 5.97 Å². The number of rotatable bonds is 6. The molecule has 0 saturated heterocycles. The number of aliphatic hydroxyl groups excluding tert-OH is 1. The van der Waals surface area contributed by atoms with Crippen molar-refractivity contribution in [2.45, 2.75) is 13.5 Å². The van der Waals surface area contributed by atoms with Crippen LogP contribution in [-0.2, 0) is 11.3 Å². The Hall–Kier alpha value is -0.910. The first kappa shape index (κ1) is 15.1. The quantitative estimate of drug-likeness (QED) is 0.816. The maximum absolute atomic E-state index is 11.4. The van der Waals surface area contributed by atoms with E-state index in [2.05, 4.69) is 25.6 Å². The molecule has 18 heavy (non-hydrogen) atoms. The van der Waals surface area contributed by atoms with Crippen molar-refractivity contribution in [1.29, 1.82) is 0 Å². The lowest BCUT2D eigenvalue weighted by atomic mass is 10.1. The van der Waals surface area contributed by atoms with Crippen LogP contribution in [0.3, 0.4) is 0 Å². The molecule has 0 saturated carbocycles. The number of carbonyl (C=O) groups is 1. The SMILES string of the molecule is CCN(CCO)Cc1ccc(C(=O)OC)cc1Br. The second-order valence-electron chi connectivity index (χ2n) is 3.89. The molecule has 0 fully saturated rings. The number of hydrogen-bond donors (Lipinski definition) is 1. The Balaban J connectivity index is 2.82. The molecule has 5 heteroatoms. The van der Waals surface area contributed by atoms with Crippen LogP contribution in [0.15, 0.2) is 22.7 Å². The van der Waals surface area contributed by atoms with Crippen LogP contribution >= 0.6 is 15.9 Å². The first-order valence-corrected chi connectivity index (χ1v) is 6.61. The van der Waals surface area contributed by atoms with E-state index in [4.69, 9.17) is 5.11 Å². The molecule has 100 valence electrons. The van der Waals surface area contributed by atoms with Crippen LogP contribution in [0.1, 0.15) is 22.8 Å². The predicted octanol–water partition coefficient (Wildman–Crippen LogP) is 2.05. The highest BCUT2D eigenvalue weighted by molar-refractivity contribution is 9.10. The van der Waals surface area contributed by atoms with Gasteiger partial charge in [0.1, 0.15) is 0 Å². The van der Waals surface area contributed by atoms with E-state index < -0.39 is 0 Å². The smallest absolute Gasteiger partial charge is 0.337 e. The third kappa shape index (κ3) is 4.08. The second kappa shape index (κ2) is 7.51. The van der Waals surface area contributed by atoms with E-state index in [1.165, 1.54) is 7.11 Å². The Morgan fingerprint density at radius 1 is 1.50 bits per heavy atom. The molecule has 0 atom stereocenters. The highest BCUT2D eigenvalue weighted by Crippen LogP contribution is 2.20. The van der Waals surface area contributed by atoms with Crippen LogP contribution in [0.2, 0.25) is 0 Å². The minimum absolute atomic E-state index is 0.145. The van der Waals surface area contributed by atoms with Gasteiger partial charge in [-0.1, -0.05) is 28.9 Å². The highest BCUT2D eigenvalue weighted by atomic mass is 79.9. The molecule has 4 nitrogen and oxygen atoms in total. The molecule has 0 aromatic heterocycles. The normalized spacial score (nSPS) is 10.7. The molecule has 0 aliphatic rings. The summed E-state index contributed by atoms with van der Waals surface area (Å²) in [5, 5.41) is 8.95. The topological polar surface area (TPSA) is 49.8 Å². The van der Waals surface area contributed by atoms with Crippen molar-refractivity contribution in [1.82, 2.24) is 4.90 Å². The molecule has 0 spiro atoms. The van der Waals surface area contributed by atoms with Gasteiger partial charge in [0.05, 0.1) is 19.3 Å². The number of aliphatic hydroxyl groups is 1. The van der Waals surface area contributed by atoms with Crippen LogP contribution in [-0.4, -0.2) is 42.8 Å². The summed E-state index contributed by atoms with van der Waals surface area (Å²) in [6, 6.07) is 5.41. The van der Waals surface area contributed by atoms with Crippen molar-refractivity contribution in [2.24, 2.45) is 0 Å². The molecular weight excluding hydrogens is 298 g/mol. The second-order valence-corrected chi connectivity index (χ2v) is 4.74. The highest BCUT2D eigenvalue weighted by Gasteiger charge is 2.10. The summed E-state index contributed by atoms with van der Waals surface area (Å²) < 4.78 is 5.55. The maximum Gasteiger partial charge on any atom is 0.337 e. The number of ether oxygens (including phenoxy) is 1. The third-order valence-electron chi connectivity index (χ3n) is 2.73. The van der Waals surface area contributed by atoms with Crippen LogP contribution in [0.25, 0.3) is 0 Å². The van der Waals surface area contributed by atoms with Gasteiger partial charge in [-0.05, 0) is 24.2 Å². The monoisotopic (exact) mass is 315 g/mol. The lowest BCUT2D eigenvalue weighted by Gasteiger charge is -2.20. The Bertz CT molecular complexity index is 409. The van der Waals surface area contributed by atoms with Gasteiger partial charge in [-0.2, -0.15) is 0 Å². The molecule has 0 amide bonds. The van der Waals surface area contributed by atoms with Crippen molar-refractivity contribution < 1.29 is 14.6 Å². The van der Waals surface area contributed by atoms with Crippen LogP contribution < -0.4 is 0 Å². The standard InChI is InChI=1S/C13H18BrNO3/c1-3-15(6-7-16)9-11-5-4-10(8-12(11)14)13(17)18-2/h4-5,8,16H,3,6-7,9H2,1-2H3. The van der Waals surface area contributed by atoms with E-state index in [1.54, 1.807) is 12.1 Å². The fourth-order valence-electron chi connectivity index (χ4n) is 1.65. The van der Waals surface area contributed by atoms with Crippen molar-refractivity contribution in [3.8, 4) is 0 Å². The minimum atomic E-state index is -0.343. The number of benzene rings is 1. The molecule has 1 aromatic rings. The zero-order valence-corrected chi connectivity index (χ0v) is 12.2. The Morgan fingerprint density at radius 2 is 2.22 bits per heavy atom. The van der Waals surface area contributed by atoms with Gasteiger partial charge in [0.15, 0.2) is 0 Å². The van der Waals surface area contributed by atoms with Gasteiger partial charge < -0.3 is 9.84 Å². The summed E-state index contributed by atoms with van der Waals surface area (Å²) in [4.78, 5) is 13.5. The maximum atomic E-state index is 11.4. The zero-order valence-electron chi connectivity index (χ0n) is 10.6. The summed E-state index contributed by atoms with van der Waals surface area (Å²) >= 11 is 3.46. The van der Waals surface area contributed by atoms with E-state index >= 15 is 0 Å². The van der Waals surface area contributed by atoms with E-state index in [1.807, 2.05) is 13.0 Å². The van der Waals surface area contributed by atoms with Crippen molar-refractivity contribution in [2.75, 3.05) is 26.8 Å². The molecule has 0 radical (unpaired) electrons. The largest absolute Gasteiger partial charge is 0.465 e. The number of likely N-dealkylation sites (N-methyl/N-ethyl adjacent to an activating group) is 1. The van der Waals surface area contributed by atoms with E-state index in [9.17, 15) is 4.79 Å². The molecule has 0 bridgehead atoms. The van der Waals surface area contributed by atoms with Crippen molar-refractivity contribution >= 4 is 21.9 Å². The molecule has 1 aromatic carbocycles. The first-order chi connectivity index (χ1) is 8.62. The fraction of sp³-hybridized carbons (Fsp3) is 0.462. The Kier molecular flexibility index (Phi) is 6.32. The van der Waals surface area contributed by atoms with Gasteiger partial charge in [-0.15, -0.1) is 0 Å². The molecule has 0 heterocycles. The van der Waals surface area contributed by atoms with Crippen LogP contribution in [0, 0.1) is 0 Å². The van der Waals surface area contributed by atoms with Gasteiger partial charge in [0.2, 0.25) is 0 Å². The lowest BCUT2D eigenvalue weighted by Crippen LogP contribution is -2.26. The molecule has 0 unspecified atom stereocenters.